The van der Waals surface area contributed by atoms with Crippen molar-refractivity contribution in [1.82, 2.24) is 10.2 Å². The number of esters is 1. The van der Waals surface area contributed by atoms with E-state index in [0.717, 1.165) is 10.5 Å². The van der Waals surface area contributed by atoms with E-state index in [1.807, 2.05) is 33.8 Å². The Hall–Kier alpha value is -1.42. The molecule has 1 aromatic rings. The maximum Gasteiger partial charge on any atom is 0.457 e. The molecule has 0 spiro atoms. The predicted molar refractivity (Wildman–Crippen MR) is 221 cm³/mol. The minimum Gasteiger partial charge on any atom is -0.480 e. The van der Waals surface area contributed by atoms with Crippen LogP contribution in [0.3, 0.4) is 0 Å². The van der Waals surface area contributed by atoms with Gasteiger partial charge in [0.05, 0.1) is 18.3 Å². The van der Waals surface area contributed by atoms with Crippen LogP contribution in [0.2, 0.25) is 12.6 Å². The van der Waals surface area contributed by atoms with Gasteiger partial charge < -0.3 is 39.3 Å². The van der Waals surface area contributed by atoms with Crippen LogP contribution < -0.4 is 5.32 Å². The van der Waals surface area contributed by atoms with Crippen LogP contribution in [0.15, 0.2) is 30.3 Å². The van der Waals surface area contributed by atoms with Crippen molar-refractivity contribution in [2.45, 2.75) is 123 Å². The summed E-state index contributed by atoms with van der Waals surface area (Å²) in [4.78, 5) is 37.9. The average Bonchev–Trinajstić information content (AvgIpc) is 3.68. The molecule has 4 rings (SSSR count). The molecule has 6 atom stereocenters. The second-order valence-corrected chi connectivity index (χ2v) is 22.3. The molecule has 322 valence electrons. The van der Waals surface area contributed by atoms with E-state index in [0.29, 0.717) is 19.2 Å². The van der Waals surface area contributed by atoms with E-state index in [9.17, 15) is 31.9 Å². The molecule has 0 aliphatic carbocycles. The number of rotatable bonds is 14. The molecule has 3 saturated heterocycles. The van der Waals surface area contributed by atoms with Gasteiger partial charge in [-0.2, -0.15) is 0 Å². The first-order chi connectivity index (χ1) is 26.3. The largest absolute Gasteiger partial charge is 0.480 e. The highest BCUT2D eigenvalue weighted by molar-refractivity contribution is 9.69. The normalized spacial score (nSPS) is 27.3. The average molecular weight is 1010 g/mol. The van der Waals surface area contributed by atoms with Gasteiger partial charge in [0, 0.05) is 35.8 Å². The molecular weight excluding hydrogens is 957 g/mol. The quantitative estimate of drug-likeness (QED) is 0.0842. The van der Waals surface area contributed by atoms with Crippen LogP contribution in [0.25, 0.3) is 0 Å². The standard InChI is InChI=1S/C25H36BF2NO6.C10H18BF2NO4.BBr3/c1-23(2)24(3,4)35-26(34-23)14-10-13-25(5)18(20(27)28)15-29(19(25)21(30)32-6)22(31)33-16-17-11-8-7-9-12-17;1-10(3-2-4-11(17)18)6(8(12)13)5-14-7(10)9(15)16;2-1(3)4/h7-9,11-12,18-20H,10,13-16H2,1-6H3;6-8,14,17-18H,2-5H2,1H3,(H,15,16);/t18-,19-,25-;6-,7-,10-;/m11./s1. The number of nitrogens with one attached hydrogen (secondary N) is 1. The third-order valence-electron chi connectivity index (χ3n) is 11.6. The summed E-state index contributed by atoms with van der Waals surface area (Å²) < 4.78 is 76.9. The maximum absolute atomic E-state index is 14.2. The van der Waals surface area contributed by atoms with Crippen LogP contribution in [0.4, 0.5) is 22.4 Å². The Morgan fingerprint density at radius 2 is 1.46 bits per heavy atom. The van der Waals surface area contributed by atoms with Crippen molar-refractivity contribution < 1.29 is 65.9 Å². The van der Waals surface area contributed by atoms with Crippen molar-refractivity contribution in [2.24, 2.45) is 22.7 Å². The first-order valence-electron chi connectivity index (χ1n) is 18.6. The number of ether oxygens (including phenoxy) is 2. The Labute approximate surface area is 358 Å². The van der Waals surface area contributed by atoms with Gasteiger partial charge in [-0.05, 0) is 58.7 Å². The van der Waals surface area contributed by atoms with Gasteiger partial charge >= 0.3 is 35.5 Å². The molecule has 1 amide bonds. The zero-order valence-electron chi connectivity index (χ0n) is 33.2. The minimum atomic E-state index is -2.73. The van der Waals surface area contributed by atoms with E-state index in [2.05, 4.69) is 52.6 Å². The molecular formula is C35H54B3Br3F4N2O10. The zero-order chi connectivity index (χ0) is 43.5. The van der Waals surface area contributed by atoms with E-state index in [1.165, 1.54) is 14.0 Å². The molecule has 0 bridgehead atoms. The Bertz CT molecular complexity index is 1430. The number of carboxylic acids is 1. The molecule has 0 unspecified atom stereocenters. The van der Waals surface area contributed by atoms with Crippen LogP contribution in [-0.4, -0.2) is 112 Å². The number of aliphatic carboxylic acids is 1. The fourth-order valence-electron chi connectivity index (χ4n) is 7.66. The van der Waals surface area contributed by atoms with Crippen molar-refractivity contribution in [1.29, 1.82) is 0 Å². The van der Waals surface area contributed by atoms with Gasteiger partial charge in [-0.15, -0.1) is 47.3 Å². The monoisotopic (exact) mass is 1010 g/mol. The molecule has 3 fully saturated rings. The van der Waals surface area contributed by atoms with Gasteiger partial charge in [-0.1, -0.05) is 57.0 Å². The molecule has 3 aliphatic rings. The molecule has 4 N–H and O–H groups in total. The van der Waals surface area contributed by atoms with Gasteiger partial charge in [0.2, 0.25) is 12.9 Å². The molecule has 57 heavy (non-hydrogen) atoms. The summed E-state index contributed by atoms with van der Waals surface area (Å²) in [5.41, 5.74) is -2.51. The molecule has 12 nitrogen and oxygen atoms in total. The number of carbonyl (C=O) groups excluding carboxylic acids is 2. The lowest BCUT2D eigenvalue weighted by Crippen LogP contribution is -2.48. The fraction of sp³-hybridized carbons (Fsp3) is 0.743. The molecule has 22 heteroatoms. The summed E-state index contributed by atoms with van der Waals surface area (Å²) in [7, 11) is -0.772. The van der Waals surface area contributed by atoms with Crippen LogP contribution >= 0.6 is 47.3 Å². The van der Waals surface area contributed by atoms with Crippen LogP contribution in [-0.2, 0) is 35.0 Å². The number of carbonyl (C=O) groups is 3. The first kappa shape index (κ1) is 51.7. The van der Waals surface area contributed by atoms with E-state index in [-0.39, 0.29) is 42.0 Å². The second kappa shape index (κ2) is 22.4. The summed E-state index contributed by atoms with van der Waals surface area (Å²) in [6.07, 6.45) is -4.37. The number of nitrogens with zero attached hydrogens (tertiary/aromatic N) is 1. The summed E-state index contributed by atoms with van der Waals surface area (Å²) in [5, 5.41) is 29.1. The highest BCUT2D eigenvalue weighted by Crippen LogP contribution is 2.49. The summed E-state index contributed by atoms with van der Waals surface area (Å²) in [5.74, 6) is -4.13. The van der Waals surface area contributed by atoms with Gasteiger partial charge in [0.25, 0.3) is 0 Å². The summed E-state index contributed by atoms with van der Waals surface area (Å²) in [6.45, 7) is 10.6. The number of carboxylic acid groups (broad SMARTS) is 1. The Kier molecular flexibility index (Phi) is 20.4. The lowest BCUT2D eigenvalue weighted by molar-refractivity contribution is -0.150. The Morgan fingerprint density at radius 1 is 0.930 bits per heavy atom. The lowest BCUT2D eigenvalue weighted by atomic mass is 9.69. The minimum absolute atomic E-state index is 0.0257. The van der Waals surface area contributed by atoms with E-state index in [4.69, 9.17) is 33.9 Å². The lowest BCUT2D eigenvalue weighted by Gasteiger charge is -2.35. The number of benzene rings is 1. The second-order valence-electron chi connectivity index (χ2n) is 15.9. The Morgan fingerprint density at radius 3 is 1.93 bits per heavy atom. The molecule has 3 aliphatic heterocycles. The SMILES string of the molecule is BrB(Br)Br.COC(=O)[C@H]1N(C(=O)OCc2ccccc2)C[C@H](C(F)F)[C@@]1(C)CCCB1OC(C)(C)C(C)(C)O1.C[C@]1(CCCB(O)O)[C@@H](C(=O)O)NC[C@@H]1C(F)F. The molecule has 1 aromatic carbocycles. The molecule has 0 saturated carbocycles. The van der Waals surface area contributed by atoms with Crippen molar-refractivity contribution in [3.63, 3.8) is 0 Å². The number of alkyl halides is 4. The van der Waals surface area contributed by atoms with Gasteiger partial charge in [0.15, 0.2) is 0 Å². The van der Waals surface area contributed by atoms with Crippen LogP contribution in [0.1, 0.15) is 72.8 Å². The van der Waals surface area contributed by atoms with Crippen molar-refractivity contribution >= 4 is 82.7 Å². The van der Waals surface area contributed by atoms with E-state index >= 15 is 0 Å². The van der Waals surface area contributed by atoms with Crippen LogP contribution in [0, 0.1) is 22.7 Å². The van der Waals surface area contributed by atoms with Crippen molar-refractivity contribution in [2.75, 3.05) is 20.2 Å². The molecule has 0 radical (unpaired) electrons. The smallest absolute Gasteiger partial charge is 0.457 e. The first-order valence-corrected chi connectivity index (χ1v) is 21.3. The third-order valence-corrected chi connectivity index (χ3v) is 11.6. The van der Waals surface area contributed by atoms with E-state index < -0.39 is 91.1 Å². The van der Waals surface area contributed by atoms with Crippen molar-refractivity contribution in [3.05, 3.63) is 35.9 Å². The fourth-order valence-corrected chi connectivity index (χ4v) is 7.66. The highest BCUT2D eigenvalue weighted by Gasteiger charge is 2.60. The Balaban J connectivity index is 0.000000425. The zero-order valence-corrected chi connectivity index (χ0v) is 38.0. The van der Waals surface area contributed by atoms with E-state index in [1.54, 1.807) is 31.2 Å². The van der Waals surface area contributed by atoms with Gasteiger partial charge in [0.1, 0.15) is 18.7 Å². The summed E-state index contributed by atoms with van der Waals surface area (Å²) in [6, 6.07) is 6.82. The third kappa shape index (κ3) is 14.1. The predicted octanol–water partition coefficient (Wildman–Crippen LogP) is 7.28. The number of halogens is 7. The number of likely N-dealkylation sites (tertiary alicyclic amines) is 1. The van der Waals surface area contributed by atoms with Crippen LogP contribution in [0.5, 0.6) is 0 Å². The van der Waals surface area contributed by atoms with Crippen molar-refractivity contribution in [3.8, 4) is 0 Å². The number of hydrogen-bond donors (Lipinski definition) is 4. The van der Waals surface area contributed by atoms with Gasteiger partial charge in [-0.3, -0.25) is 9.69 Å². The molecule has 3 heterocycles. The highest BCUT2D eigenvalue weighted by atomic mass is 79.9. The number of methoxy groups -OCH3 is 1. The van der Waals surface area contributed by atoms with Gasteiger partial charge in [-0.25, -0.2) is 27.2 Å². The molecule has 0 aromatic heterocycles. The number of amides is 1. The number of hydrogen-bond acceptors (Lipinski definition) is 10. The topological polar surface area (TPSA) is 164 Å². The summed E-state index contributed by atoms with van der Waals surface area (Å²) >= 11 is 9.31. The maximum atomic E-state index is 14.2.